The summed E-state index contributed by atoms with van der Waals surface area (Å²) in [6, 6.07) is 13.0. The Balaban J connectivity index is 1.56. The lowest BCUT2D eigenvalue weighted by molar-refractivity contribution is -0.122. The summed E-state index contributed by atoms with van der Waals surface area (Å²) in [6.45, 7) is 4.40. The number of carbonyl (C=O) groups excluding carboxylic acids is 3. The van der Waals surface area contributed by atoms with E-state index < -0.39 is 5.91 Å². The molecule has 0 atom stereocenters. The minimum atomic E-state index is -0.417. The minimum absolute atomic E-state index is 0.0846. The zero-order chi connectivity index (χ0) is 21.0. The van der Waals surface area contributed by atoms with E-state index in [9.17, 15) is 18.8 Å². The first kappa shape index (κ1) is 20.8. The van der Waals surface area contributed by atoms with Gasteiger partial charge in [-0.25, -0.2) is 4.39 Å². The van der Waals surface area contributed by atoms with Crippen LogP contribution in [0.25, 0.3) is 6.08 Å². The van der Waals surface area contributed by atoms with Gasteiger partial charge in [0.15, 0.2) is 0 Å². The second-order valence-electron chi connectivity index (χ2n) is 6.92. The minimum Gasteiger partial charge on any atom is -0.350 e. The molecule has 1 aliphatic heterocycles. The molecule has 2 aromatic rings. The lowest BCUT2D eigenvalue weighted by Gasteiger charge is -2.13. The second-order valence-corrected chi connectivity index (χ2v) is 7.91. The average Bonchev–Trinajstić information content (AvgIpc) is 2.97. The number of nitrogens with zero attached hydrogens (tertiary/aromatic N) is 1. The first-order valence-electron chi connectivity index (χ1n) is 9.24. The van der Waals surface area contributed by atoms with Crippen LogP contribution in [0, 0.1) is 5.82 Å². The highest BCUT2D eigenvalue weighted by molar-refractivity contribution is 8.18. The van der Waals surface area contributed by atoms with Crippen molar-refractivity contribution in [2.75, 3.05) is 13.1 Å². The molecule has 5 nitrogen and oxygen atoms in total. The van der Waals surface area contributed by atoms with Crippen molar-refractivity contribution >= 4 is 34.9 Å². The Morgan fingerprint density at radius 2 is 1.76 bits per heavy atom. The summed E-state index contributed by atoms with van der Waals surface area (Å²) in [5.41, 5.74) is 2.31. The van der Waals surface area contributed by atoms with Crippen LogP contribution in [0.2, 0.25) is 0 Å². The lowest BCUT2D eigenvalue weighted by Crippen LogP contribution is -2.37. The van der Waals surface area contributed by atoms with Crippen LogP contribution in [-0.4, -0.2) is 35.0 Å². The Morgan fingerprint density at radius 3 is 2.38 bits per heavy atom. The molecular formula is C22H21FN2O3S. The van der Waals surface area contributed by atoms with E-state index in [4.69, 9.17) is 0 Å². The molecule has 7 heteroatoms. The Morgan fingerprint density at radius 1 is 1.10 bits per heavy atom. The standard InChI is InChI=1S/C22H21FN2O3S/c1-14(2)16-5-7-17(8-6-16)20(26)24-11-12-25-21(27)19(29-22(25)28)13-15-3-9-18(23)10-4-15/h3-10,13-14H,11-12H2,1-2H3,(H,24,26)/b19-13-. The fourth-order valence-electron chi connectivity index (χ4n) is 2.81. The number of amides is 3. The van der Waals surface area contributed by atoms with Gasteiger partial charge in [0.2, 0.25) is 0 Å². The van der Waals surface area contributed by atoms with Crippen LogP contribution in [-0.2, 0) is 4.79 Å². The van der Waals surface area contributed by atoms with E-state index >= 15 is 0 Å². The summed E-state index contributed by atoms with van der Waals surface area (Å²) in [5.74, 6) is -0.659. The van der Waals surface area contributed by atoms with E-state index in [-0.39, 0.29) is 35.0 Å². The third-order valence-corrected chi connectivity index (χ3v) is 5.41. The molecule has 29 heavy (non-hydrogen) atoms. The summed E-state index contributed by atoms with van der Waals surface area (Å²) >= 11 is 0.832. The van der Waals surface area contributed by atoms with Crippen molar-refractivity contribution in [3.05, 3.63) is 75.9 Å². The van der Waals surface area contributed by atoms with Crippen molar-refractivity contribution in [3.8, 4) is 0 Å². The molecular weight excluding hydrogens is 391 g/mol. The van der Waals surface area contributed by atoms with Crippen molar-refractivity contribution in [3.63, 3.8) is 0 Å². The van der Waals surface area contributed by atoms with Gasteiger partial charge in [0, 0.05) is 18.7 Å². The zero-order valence-electron chi connectivity index (χ0n) is 16.1. The summed E-state index contributed by atoms with van der Waals surface area (Å²) in [4.78, 5) is 38.2. The number of thioether (sulfide) groups is 1. The van der Waals surface area contributed by atoms with Crippen molar-refractivity contribution in [1.29, 1.82) is 0 Å². The summed E-state index contributed by atoms with van der Waals surface area (Å²) < 4.78 is 13.0. The van der Waals surface area contributed by atoms with Crippen LogP contribution in [0.1, 0.15) is 41.3 Å². The molecule has 0 aromatic heterocycles. The maximum atomic E-state index is 13.0. The number of carbonyl (C=O) groups is 3. The average molecular weight is 412 g/mol. The zero-order valence-corrected chi connectivity index (χ0v) is 17.0. The predicted octanol–water partition coefficient (Wildman–Crippen LogP) is 4.42. The molecule has 3 amide bonds. The largest absolute Gasteiger partial charge is 0.350 e. The highest BCUT2D eigenvalue weighted by atomic mass is 32.2. The van der Waals surface area contributed by atoms with Gasteiger partial charge in [-0.05, 0) is 59.1 Å². The van der Waals surface area contributed by atoms with Crippen molar-refractivity contribution in [2.45, 2.75) is 19.8 Å². The highest BCUT2D eigenvalue weighted by Gasteiger charge is 2.34. The van der Waals surface area contributed by atoms with Crippen LogP contribution in [0.3, 0.4) is 0 Å². The van der Waals surface area contributed by atoms with Gasteiger partial charge in [-0.2, -0.15) is 0 Å². The number of halogens is 1. The quantitative estimate of drug-likeness (QED) is 0.714. The van der Waals surface area contributed by atoms with Crippen LogP contribution in [0.15, 0.2) is 53.4 Å². The van der Waals surface area contributed by atoms with E-state index in [0.29, 0.717) is 17.0 Å². The monoisotopic (exact) mass is 412 g/mol. The molecule has 0 aliphatic carbocycles. The van der Waals surface area contributed by atoms with Crippen LogP contribution in [0.4, 0.5) is 9.18 Å². The van der Waals surface area contributed by atoms with Gasteiger partial charge in [0.25, 0.3) is 17.1 Å². The lowest BCUT2D eigenvalue weighted by atomic mass is 10.0. The van der Waals surface area contributed by atoms with E-state index in [0.717, 1.165) is 22.2 Å². The fourth-order valence-corrected chi connectivity index (χ4v) is 3.67. The molecule has 0 unspecified atom stereocenters. The van der Waals surface area contributed by atoms with Crippen LogP contribution in [0.5, 0.6) is 0 Å². The number of hydrogen-bond donors (Lipinski definition) is 1. The maximum absolute atomic E-state index is 13.0. The second kappa shape index (κ2) is 9.05. The smallest absolute Gasteiger partial charge is 0.293 e. The molecule has 0 saturated carbocycles. The van der Waals surface area contributed by atoms with E-state index in [2.05, 4.69) is 19.2 Å². The molecule has 0 radical (unpaired) electrons. The van der Waals surface area contributed by atoms with Gasteiger partial charge >= 0.3 is 0 Å². The molecule has 1 heterocycles. The first-order valence-corrected chi connectivity index (χ1v) is 10.1. The van der Waals surface area contributed by atoms with Gasteiger partial charge in [-0.1, -0.05) is 38.1 Å². The molecule has 2 aromatic carbocycles. The Hall–Kier alpha value is -2.93. The summed E-state index contributed by atoms with van der Waals surface area (Å²) in [5, 5.41) is 2.34. The molecule has 0 spiro atoms. The van der Waals surface area contributed by atoms with Gasteiger partial charge in [0.05, 0.1) is 4.91 Å². The normalized spacial score (nSPS) is 15.4. The van der Waals surface area contributed by atoms with E-state index in [1.807, 2.05) is 12.1 Å². The first-order chi connectivity index (χ1) is 13.8. The molecule has 3 rings (SSSR count). The maximum Gasteiger partial charge on any atom is 0.293 e. The van der Waals surface area contributed by atoms with Crippen molar-refractivity contribution in [1.82, 2.24) is 10.2 Å². The Labute approximate surface area is 173 Å². The van der Waals surface area contributed by atoms with Gasteiger partial charge in [-0.15, -0.1) is 0 Å². The SMILES string of the molecule is CC(C)c1ccc(C(=O)NCCN2C(=O)S/C(=C\c3ccc(F)cc3)C2=O)cc1. The molecule has 1 saturated heterocycles. The Bertz CT molecular complexity index is 953. The molecule has 0 bridgehead atoms. The van der Waals surface area contributed by atoms with Gasteiger partial charge in [-0.3, -0.25) is 19.3 Å². The number of nitrogens with one attached hydrogen (secondary N) is 1. The predicted molar refractivity (Wildman–Crippen MR) is 112 cm³/mol. The molecule has 150 valence electrons. The molecule has 1 fully saturated rings. The topological polar surface area (TPSA) is 66.5 Å². The Kier molecular flexibility index (Phi) is 6.49. The van der Waals surface area contributed by atoms with Crippen LogP contribution >= 0.6 is 11.8 Å². The third kappa shape index (κ3) is 5.12. The van der Waals surface area contributed by atoms with E-state index in [1.165, 1.54) is 24.3 Å². The highest BCUT2D eigenvalue weighted by Crippen LogP contribution is 2.31. The molecule has 1 aliphatic rings. The number of hydrogen-bond acceptors (Lipinski definition) is 4. The number of imide groups is 1. The number of rotatable bonds is 6. The van der Waals surface area contributed by atoms with Crippen molar-refractivity contribution in [2.24, 2.45) is 0 Å². The fraction of sp³-hybridized carbons (Fsp3) is 0.227. The van der Waals surface area contributed by atoms with Crippen LogP contribution < -0.4 is 5.32 Å². The summed E-state index contributed by atoms with van der Waals surface area (Å²) in [6.07, 6.45) is 1.55. The van der Waals surface area contributed by atoms with Crippen molar-refractivity contribution < 1.29 is 18.8 Å². The van der Waals surface area contributed by atoms with Gasteiger partial charge in [0.1, 0.15) is 5.82 Å². The molecule has 1 N–H and O–H groups in total. The van der Waals surface area contributed by atoms with Gasteiger partial charge < -0.3 is 5.32 Å². The summed E-state index contributed by atoms with van der Waals surface area (Å²) in [7, 11) is 0. The number of benzene rings is 2. The third-order valence-electron chi connectivity index (χ3n) is 4.50. The van der Waals surface area contributed by atoms with E-state index in [1.54, 1.807) is 18.2 Å².